The average Bonchev–Trinajstić information content (AvgIpc) is 3.37. The minimum atomic E-state index is -1.17. The first-order valence-corrected chi connectivity index (χ1v) is 9.09. The molecule has 2 unspecified atom stereocenters. The van der Waals surface area contributed by atoms with Crippen molar-refractivity contribution in [1.29, 1.82) is 0 Å². The molecule has 144 valence electrons. The Labute approximate surface area is 162 Å². The monoisotopic (exact) mass is 379 g/mol. The highest BCUT2D eigenvalue weighted by molar-refractivity contribution is 5.79. The number of nitrogens with zero attached hydrogens (tertiary/aromatic N) is 1. The molecule has 1 aromatic heterocycles. The van der Waals surface area contributed by atoms with Crippen LogP contribution in [-0.4, -0.2) is 45.8 Å². The Morgan fingerprint density at radius 2 is 1.75 bits per heavy atom. The Kier molecular flexibility index (Phi) is 5.10. The van der Waals surface area contributed by atoms with Gasteiger partial charge in [0.2, 0.25) is 0 Å². The SMILES string of the molecule is O=C(NCC(O)C(O)c1cn[nH]c1)OCC1c2ccccc2-c2ccccc21. The van der Waals surface area contributed by atoms with Gasteiger partial charge in [-0.1, -0.05) is 48.5 Å². The number of aromatic nitrogens is 2. The van der Waals surface area contributed by atoms with Crippen molar-refractivity contribution in [3.63, 3.8) is 0 Å². The van der Waals surface area contributed by atoms with Gasteiger partial charge in [0.05, 0.1) is 6.20 Å². The third-order valence-corrected chi connectivity index (χ3v) is 5.02. The Morgan fingerprint density at radius 3 is 2.36 bits per heavy atom. The summed E-state index contributed by atoms with van der Waals surface area (Å²) >= 11 is 0. The van der Waals surface area contributed by atoms with Gasteiger partial charge in [0, 0.05) is 24.2 Å². The fourth-order valence-corrected chi connectivity index (χ4v) is 3.59. The maximum Gasteiger partial charge on any atom is 0.407 e. The van der Waals surface area contributed by atoms with Crippen LogP contribution in [0.2, 0.25) is 0 Å². The lowest BCUT2D eigenvalue weighted by Gasteiger charge is -2.18. The van der Waals surface area contributed by atoms with E-state index in [1.165, 1.54) is 12.4 Å². The number of rotatable bonds is 6. The van der Waals surface area contributed by atoms with E-state index >= 15 is 0 Å². The number of ether oxygens (including phenoxy) is 1. The fraction of sp³-hybridized carbons (Fsp3) is 0.238. The third-order valence-electron chi connectivity index (χ3n) is 5.02. The van der Waals surface area contributed by atoms with Crippen molar-refractivity contribution in [3.05, 3.63) is 77.6 Å². The number of amides is 1. The molecule has 0 saturated carbocycles. The molecule has 4 N–H and O–H groups in total. The number of nitrogens with one attached hydrogen (secondary N) is 2. The number of aliphatic hydroxyl groups is 2. The summed E-state index contributed by atoms with van der Waals surface area (Å²) in [4.78, 5) is 12.1. The number of aliphatic hydroxyl groups excluding tert-OH is 2. The normalized spacial score (nSPS) is 14.8. The minimum Gasteiger partial charge on any atom is -0.449 e. The topological polar surface area (TPSA) is 107 Å². The van der Waals surface area contributed by atoms with E-state index in [1.807, 2.05) is 36.4 Å². The Morgan fingerprint density at radius 1 is 1.11 bits per heavy atom. The van der Waals surface area contributed by atoms with Gasteiger partial charge in [-0.3, -0.25) is 5.10 Å². The molecule has 7 heteroatoms. The first kappa shape index (κ1) is 18.2. The van der Waals surface area contributed by atoms with Crippen LogP contribution in [0.1, 0.15) is 28.7 Å². The predicted molar refractivity (Wildman–Crippen MR) is 103 cm³/mol. The number of carbonyl (C=O) groups excluding carboxylic acids is 1. The smallest absolute Gasteiger partial charge is 0.407 e. The first-order chi connectivity index (χ1) is 13.6. The molecular weight excluding hydrogens is 358 g/mol. The Balaban J connectivity index is 1.35. The molecule has 0 aliphatic heterocycles. The number of aromatic amines is 1. The maximum absolute atomic E-state index is 12.1. The van der Waals surface area contributed by atoms with Gasteiger partial charge < -0.3 is 20.3 Å². The van der Waals surface area contributed by atoms with E-state index in [9.17, 15) is 15.0 Å². The number of H-pyrrole nitrogens is 1. The summed E-state index contributed by atoms with van der Waals surface area (Å²) in [6, 6.07) is 16.2. The van der Waals surface area contributed by atoms with Crippen molar-refractivity contribution < 1.29 is 19.7 Å². The summed E-state index contributed by atoms with van der Waals surface area (Å²) < 4.78 is 5.40. The molecule has 1 aliphatic rings. The van der Waals surface area contributed by atoms with Crippen molar-refractivity contribution >= 4 is 6.09 Å². The number of hydrogen-bond acceptors (Lipinski definition) is 5. The lowest BCUT2D eigenvalue weighted by Crippen LogP contribution is -2.36. The summed E-state index contributed by atoms with van der Waals surface area (Å²) in [6.45, 7) is 0.0588. The molecule has 0 bridgehead atoms. The van der Waals surface area contributed by atoms with Gasteiger partial charge in [-0.05, 0) is 22.3 Å². The molecule has 7 nitrogen and oxygen atoms in total. The average molecular weight is 379 g/mol. The second-order valence-corrected chi connectivity index (χ2v) is 6.75. The zero-order valence-corrected chi connectivity index (χ0v) is 15.1. The molecule has 0 spiro atoms. The number of benzene rings is 2. The van der Waals surface area contributed by atoms with Gasteiger partial charge in [0.15, 0.2) is 0 Å². The zero-order chi connectivity index (χ0) is 19.5. The van der Waals surface area contributed by atoms with E-state index in [0.29, 0.717) is 5.56 Å². The van der Waals surface area contributed by atoms with Crippen LogP contribution in [0.25, 0.3) is 11.1 Å². The summed E-state index contributed by atoms with van der Waals surface area (Å²) in [5.74, 6) is -0.0282. The molecule has 1 aliphatic carbocycles. The zero-order valence-electron chi connectivity index (χ0n) is 15.1. The van der Waals surface area contributed by atoms with Gasteiger partial charge in [0.1, 0.15) is 18.8 Å². The van der Waals surface area contributed by atoms with E-state index in [1.54, 1.807) is 0 Å². The van der Waals surface area contributed by atoms with E-state index in [2.05, 4.69) is 27.6 Å². The van der Waals surface area contributed by atoms with Crippen molar-refractivity contribution in [1.82, 2.24) is 15.5 Å². The second-order valence-electron chi connectivity index (χ2n) is 6.75. The second kappa shape index (κ2) is 7.84. The van der Waals surface area contributed by atoms with Gasteiger partial charge >= 0.3 is 6.09 Å². The lowest BCUT2D eigenvalue weighted by atomic mass is 9.98. The van der Waals surface area contributed by atoms with Gasteiger partial charge in [-0.25, -0.2) is 4.79 Å². The molecule has 2 atom stereocenters. The van der Waals surface area contributed by atoms with Crippen molar-refractivity contribution in [3.8, 4) is 11.1 Å². The van der Waals surface area contributed by atoms with E-state index in [0.717, 1.165) is 22.3 Å². The number of fused-ring (bicyclic) bond motifs is 3. The van der Waals surface area contributed by atoms with Gasteiger partial charge in [0.25, 0.3) is 0 Å². The predicted octanol–water partition coefficient (Wildman–Crippen LogP) is 2.34. The van der Waals surface area contributed by atoms with Crippen LogP contribution >= 0.6 is 0 Å². The standard InChI is InChI=1S/C21H21N3O4/c25-19(20(26)13-9-23-24-10-13)11-22-21(27)28-12-18-16-7-3-1-5-14(16)15-6-2-4-8-17(15)18/h1-10,18-20,25-26H,11-12H2,(H,22,27)(H,23,24). The fourth-order valence-electron chi connectivity index (χ4n) is 3.59. The number of hydrogen-bond donors (Lipinski definition) is 4. The minimum absolute atomic E-state index is 0.0282. The highest BCUT2D eigenvalue weighted by Crippen LogP contribution is 2.44. The molecule has 0 saturated heterocycles. The van der Waals surface area contributed by atoms with E-state index in [-0.39, 0.29) is 19.1 Å². The van der Waals surface area contributed by atoms with Crippen LogP contribution in [0.5, 0.6) is 0 Å². The Bertz CT molecular complexity index is 912. The highest BCUT2D eigenvalue weighted by atomic mass is 16.5. The molecule has 0 fully saturated rings. The van der Waals surface area contributed by atoms with Crippen molar-refractivity contribution in [2.24, 2.45) is 0 Å². The molecule has 2 aromatic carbocycles. The van der Waals surface area contributed by atoms with Crippen LogP contribution in [0.15, 0.2) is 60.9 Å². The first-order valence-electron chi connectivity index (χ1n) is 9.09. The Hall–Kier alpha value is -3.16. The van der Waals surface area contributed by atoms with E-state index < -0.39 is 18.3 Å². The lowest BCUT2D eigenvalue weighted by molar-refractivity contribution is 0.0185. The summed E-state index contributed by atoms with van der Waals surface area (Å²) in [7, 11) is 0. The summed E-state index contributed by atoms with van der Waals surface area (Å²) in [5, 5.41) is 28.8. The van der Waals surface area contributed by atoms with Crippen LogP contribution in [-0.2, 0) is 4.74 Å². The molecule has 28 heavy (non-hydrogen) atoms. The molecule has 3 aromatic rings. The number of carbonyl (C=O) groups is 1. The van der Waals surface area contributed by atoms with Crippen molar-refractivity contribution in [2.75, 3.05) is 13.2 Å². The molecule has 1 heterocycles. The van der Waals surface area contributed by atoms with Crippen LogP contribution in [0.4, 0.5) is 4.79 Å². The van der Waals surface area contributed by atoms with E-state index in [4.69, 9.17) is 4.74 Å². The van der Waals surface area contributed by atoms with Crippen LogP contribution < -0.4 is 5.32 Å². The quantitative estimate of drug-likeness (QED) is 0.526. The third kappa shape index (κ3) is 3.49. The van der Waals surface area contributed by atoms with Crippen LogP contribution in [0.3, 0.4) is 0 Å². The highest BCUT2D eigenvalue weighted by Gasteiger charge is 2.29. The molecular formula is C21H21N3O4. The maximum atomic E-state index is 12.1. The molecule has 0 radical (unpaired) electrons. The van der Waals surface area contributed by atoms with Gasteiger partial charge in [-0.15, -0.1) is 0 Å². The molecule has 1 amide bonds. The largest absolute Gasteiger partial charge is 0.449 e. The summed E-state index contributed by atoms with van der Waals surface area (Å²) in [6.07, 6.45) is -0.0476. The van der Waals surface area contributed by atoms with Crippen molar-refractivity contribution in [2.45, 2.75) is 18.1 Å². The summed E-state index contributed by atoms with van der Waals surface area (Å²) in [5.41, 5.74) is 5.03. The van der Waals surface area contributed by atoms with Crippen LogP contribution in [0, 0.1) is 0 Å². The van der Waals surface area contributed by atoms with Gasteiger partial charge in [-0.2, -0.15) is 5.10 Å². The number of alkyl carbamates (subject to hydrolysis) is 1. The molecule has 4 rings (SSSR count).